The number of piperidine rings is 1. The summed E-state index contributed by atoms with van der Waals surface area (Å²) in [5.74, 6) is 0.800. The monoisotopic (exact) mass is 368 g/mol. The summed E-state index contributed by atoms with van der Waals surface area (Å²) in [6.45, 7) is 5.41. The van der Waals surface area contributed by atoms with Crippen molar-refractivity contribution in [2.75, 3.05) is 59.7 Å². The van der Waals surface area contributed by atoms with E-state index in [0.717, 1.165) is 45.4 Å². The van der Waals surface area contributed by atoms with Crippen LogP contribution in [-0.4, -0.2) is 86.9 Å². The molecule has 148 valence electrons. The van der Waals surface area contributed by atoms with E-state index in [2.05, 4.69) is 0 Å². The SMILES string of the molecule is COCCC(=O)N1CCC2(CC1)CC(CC(=O)N1CCOCC1)CCO2. The highest BCUT2D eigenvalue weighted by molar-refractivity contribution is 5.77. The molecule has 0 radical (unpaired) electrons. The van der Waals surface area contributed by atoms with Crippen molar-refractivity contribution in [1.82, 2.24) is 9.80 Å². The van der Waals surface area contributed by atoms with E-state index in [0.29, 0.717) is 51.7 Å². The number of hydrogen-bond donors (Lipinski definition) is 0. The smallest absolute Gasteiger partial charge is 0.224 e. The summed E-state index contributed by atoms with van der Waals surface area (Å²) >= 11 is 0. The highest BCUT2D eigenvalue weighted by Crippen LogP contribution is 2.39. The minimum absolute atomic E-state index is 0.147. The molecule has 3 fully saturated rings. The first kappa shape index (κ1) is 19.6. The minimum Gasteiger partial charge on any atom is -0.384 e. The van der Waals surface area contributed by atoms with Crippen LogP contribution in [0, 0.1) is 5.92 Å². The molecule has 3 saturated heterocycles. The molecule has 3 aliphatic rings. The lowest BCUT2D eigenvalue weighted by molar-refractivity contribution is -0.151. The van der Waals surface area contributed by atoms with Crippen LogP contribution in [0.5, 0.6) is 0 Å². The van der Waals surface area contributed by atoms with Crippen LogP contribution in [-0.2, 0) is 23.8 Å². The molecule has 0 N–H and O–H groups in total. The van der Waals surface area contributed by atoms with E-state index < -0.39 is 0 Å². The van der Waals surface area contributed by atoms with E-state index in [1.54, 1.807) is 7.11 Å². The molecule has 1 spiro atoms. The quantitative estimate of drug-likeness (QED) is 0.726. The lowest BCUT2D eigenvalue weighted by atomic mass is 9.78. The van der Waals surface area contributed by atoms with Gasteiger partial charge in [-0.1, -0.05) is 0 Å². The van der Waals surface area contributed by atoms with Crippen LogP contribution in [0.15, 0.2) is 0 Å². The summed E-state index contributed by atoms with van der Waals surface area (Å²) in [4.78, 5) is 28.6. The molecule has 1 unspecified atom stereocenters. The number of carbonyl (C=O) groups excluding carboxylic acids is 2. The molecule has 26 heavy (non-hydrogen) atoms. The molecule has 0 aromatic rings. The Kier molecular flexibility index (Phi) is 6.89. The highest BCUT2D eigenvalue weighted by atomic mass is 16.5. The molecule has 0 saturated carbocycles. The first-order chi connectivity index (χ1) is 12.6. The van der Waals surface area contributed by atoms with E-state index in [4.69, 9.17) is 14.2 Å². The van der Waals surface area contributed by atoms with Crippen LogP contribution in [0.4, 0.5) is 0 Å². The first-order valence-corrected chi connectivity index (χ1v) is 9.88. The molecular formula is C19H32N2O5. The van der Waals surface area contributed by atoms with Gasteiger partial charge in [0, 0.05) is 46.3 Å². The van der Waals surface area contributed by atoms with Crippen molar-refractivity contribution in [2.45, 2.75) is 44.1 Å². The van der Waals surface area contributed by atoms with Gasteiger partial charge in [0.25, 0.3) is 0 Å². The maximum absolute atomic E-state index is 12.5. The average molecular weight is 368 g/mol. The second kappa shape index (κ2) is 9.15. The minimum atomic E-state index is -0.147. The summed E-state index contributed by atoms with van der Waals surface area (Å²) in [5.41, 5.74) is -0.147. The van der Waals surface area contributed by atoms with Crippen LogP contribution in [0.25, 0.3) is 0 Å². The second-order valence-corrected chi connectivity index (χ2v) is 7.71. The van der Waals surface area contributed by atoms with E-state index in [9.17, 15) is 9.59 Å². The number of ether oxygens (including phenoxy) is 3. The molecule has 0 bridgehead atoms. The van der Waals surface area contributed by atoms with Gasteiger partial charge in [-0.3, -0.25) is 9.59 Å². The average Bonchev–Trinajstić information content (AvgIpc) is 2.67. The molecule has 7 nitrogen and oxygen atoms in total. The molecular weight excluding hydrogens is 336 g/mol. The molecule has 7 heteroatoms. The van der Waals surface area contributed by atoms with Gasteiger partial charge in [0.2, 0.25) is 11.8 Å². The van der Waals surface area contributed by atoms with Gasteiger partial charge < -0.3 is 24.0 Å². The summed E-state index contributed by atoms with van der Waals surface area (Å²) in [5, 5.41) is 0. The number of rotatable bonds is 5. The molecule has 2 amide bonds. The maximum Gasteiger partial charge on any atom is 0.224 e. The second-order valence-electron chi connectivity index (χ2n) is 7.71. The van der Waals surface area contributed by atoms with Gasteiger partial charge >= 0.3 is 0 Å². The normalized spacial score (nSPS) is 26.1. The standard InChI is InChI=1S/C19H32N2O5/c1-24-10-3-17(22)20-6-4-19(5-7-20)15-16(2-11-26-19)14-18(23)21-8-12-25-13-9-21/h16H,2-15H2,1H3. The van der Waals surface area contributed by atoms with Crippen molar-refractivity contribution in [3.63, 3.8) is 0 Å². The Morgan fingerprint density at radius 1 is 1.04 bits per heavy atom. The fraction of sp³-hybridized carbons (Fsp3) is 0.895. The summed E-state index contributed by atoms with van der Waals surface area (Å²) in [6.07, 6.45) is 4.68. The Morgan fingerprint density at radius 3 is 2.42 bits per heavy atom. The van der Waals surface area contributed by atoms with E-state index in [-0.39, 0.29) is 17.4 Å². The Labute approximate surface area is 155 Å². The summed E-state index contributed by atoms with van der Waals surface area (Å²) < 4.78 is 16.5. The first-order valence-electron chi connectivity index (χ1n) is 9.88. The predicted molar refractivity (Wildman–Crippen MR) is 95.7 cm³/mol. The highest BCUT2D eigenvalue weighted by Gasteiger charge is 2.41. The molecule has 3 heterocycles. The number of morpholine rings is 1. The lowest BCUT2D eigenvalue weighted by Gasteiger charge is -2.46. The van der Waals surface area contributed by atoms with Gasteiger partial charge in [-0.25, -0.2) is 0 Å². The van der Waals surface area contributed by atoms with Crippen molar-refractivity contribution in [3.05, 3.63) is 0 Å². The third kappa shape index (κ3) is 4.96. The Hall–Kier alpha value is -1.18. The van der Waals surface area contributed by atoms with Gasteiger partial charge in [0.05, 0.1) is 31.8 Å². The van der Waals surface area contributed by atoms with Crippen LogP contribution in [0.1, 0.15) is 38.5 Å². The number of carbonyl (C=O) groups is 2. The van der Waals surface area contributed by atoms with Gasteiger partial charge in [-0.2, -0.15) is 0 Å². The summed E-state index contributed by atoms with van der Waals surface area (Å²) in [6, 6.07) is 0. The predicted octanol–water partition coefficient (Wildman–Crippen LogP) is 1.06. The molecule has 0 aromatic heterocycles. The Bertz CT molecular complexity index is 484. The molecule has 0 aliphatic carbocycles. The molecule has 1 atom stereocenters. The molecule has 0 aromatic carbocycles. The van der Waals surface area contributed by atoms with Crippen molar-refractivity contribution >= 4 is 11.8 Å². The largest absolute Gasteiger partial charge is 0.384 e. The van der Waals surface area contributed by atoms with Crippen LogP contribution >= 0.6 is 0 Å². The fourth-order valence-corrected chi connectivity index (χ4v) is 4.35. The van der Waals surface area contributed by atoms with E-state index in [1.165, 1.54) is 0 Å². The number of nitrogens with zero attached hydrogens (tertiary/aromatic N) is 2. The van der Waals surface area contributed by atoms with Crippen LogP contribution < -0.4 is 0 Å². The molecule has 3 aliphatic heterocycles. The zero-order valence-corrected chi connectivity index (χ0v) is 15.9. The number of amides is 2. The summed E-state index contributed by atoms with van der Waals surface area (Å²) in [7, 11) is 1.62. The zero-order chi connectivity index (χ0) is 18.4. The van der Waals surface area contributed by atoms with Crippen molar-refractivity contribution in [1.29, 1.82) is 0 Å². The van der Waals surface area contributed by atoms with Gasteiger partial charge in [-0.15, -0.1) is 0 Å². The Morgan fingerprint density at radius 2 is 1.73 bits per heavy atom. The lowest BCUT2D eigenvalue weighted by Crippen LogP contribution is -2.51. The number of hydrogen-bond acceptors (Lipinski definition) is 5. The maximum atomic E-state index is 12.5. The van der Waals surface area contributed by atoms with Crippen LogP contribution in [0.3, 0.4) is 0 Å². The number of likely N-dealkylation sites (tertiary alicyclic amines) is 1. The number of methoxy groups -OCH3 is 1. The fourth-order valence-electron chi connectivity index (χ4n) is 4.35. The Balaban J connectivity index is 1.47. The third-order valence-electron chi connectivity index (χ3n) is 5.97. The van der Waals surface area contributed by atoms with Crippen molar-refractivity contribution in [3.8, 4) is 0 Å². The van der Waals surface area contributed by atoms with Crippen LogP contribution in [0.2, 0.25) is 0 Å². The van der Waals surface area contributed by atoms with Gasteiger partial charge in [0.1, 0.15) is 0 Å². The third-order valence-corrected chi connectivity index (χ3v) is 5.97. The molecule has 3 rings (SSSR count). The van der Waals surface area contributed by atoms with Gasteiger partial charge in [-0.05, 0) is 31.6 Å². The van der Waals surface area contributed by atoms with Gasteiger partial charge in [0.15, 0.2) is 0 Å². The topological polar surface area (TPSA) is 68.3 Å². The van der Waals surface area contributed by atoms with E-state index >= 15 is 0 Å². The zero-order valence-electron chi connectivity index (χ0n) is 15.9. The van der Waals surface area contributed by atoms with Crippen molar-refractivity contribution < 1.29 is 23.8 Å². The van der Waals surface area contributed by atoms with Crippen molar-refractivity contribution in [2.24, 2.45) is 5.92 Å². The van der Waals surface area contributed by atoms with E-state index in [1.807, 2.05) is 9.80 Å².